The Bertz CT molecular complexity index is 819. The van der Waals surface area contributed by atoms with Crippen LogP contribution in [-0.2, 0) is 20.5 Å². The van der Waals surface area contributed by atoms with Gasteiger partial charge in [0.15, 0.2) is 0 Å². The molecule has 1 N–H and O–H groups in total. The van der Waals surface area contributed by atoms with Crippen LogP contribution >= 0.6 is 11.6 Å². The average molecular weight is 358 g/mol. The van der Waals surface area contributed by atoms with E-state index in [4.69, 9.17) is 11.6 Å². The van der Waals surface area contributed by atoms with Gasteiger partial charge in [-0.25, -0.2) is 17.6 Å². The number of nitrogens with one attached hydrogen (secondary N) is 1. The molecule has 2 rings (SSSR count). The van der Waals surface area contributed by atoms with Crippen molar-refractivity contribution in [2.24, 2.45) is 0 Å². The van der Waals surface area contributed by atoms with Gasteiger partial charge in [0.1, 0.15) is 5.82 Å². The summed E-state index contributed by atoms with van der Waals surface area (Å²) >= 11 is 5.83. The second-order valence-electron chi connectivity index (χ2n) is 4.63. The van der Waals surface area contributed by atoms with Crippen LogP contribution < -0.4 is 4.72 Å². The van der Waals surface area contributed by atoms with E-state index >= 15 is 0 Å². The summed E-state index contributed by atoms with van der Waals surface area (Å²) in [5, 5.41) is 0.0266. The van der Waals surface area contributed by atoms with E-state index in [0.717, 1.165) is 6.07 Å². The molecule has 0 aromatic heterocycles. The van der Waals surface area contributed by atoms with Gasteiger partial charge < -0.3 is 4.74 Å². The minimum Gasteiger partial charge on any atom is -0.465 e. The quantitative estimate of drug-likeness (QED) is 0.834. The number of hydrogen-bond donors (Lipinski definition) is 1. The van der Waals surface area contributed by atoms with Gasteiger partial charge in [-0.3, -0.25) is 4.72 Å². The van der Waals surface area contributed by atoms with Crippen molar-refractivity contribution in [1.29, 1.82) is 0 Å². The number of sulfonamides is 1. The second kappa shape index (κ2) is 6.97. The molecule has 23 heavy (non-hydrogen) atoms. The number of benzene rings is 2. The predicted octanol–water partition coefficient (Wildman–Crippen LogP) is 3.21. The van der Waals surface area contributed by atoms with E-state index in [2.05, 4.69) is 9.46 Å². The lowest BCUT2D eigenvalue weighted by atomic mass is 10.2. The molecule has 0 heterocycles. The summed E-state index contributed by atoms with van der Waals surface area (Å²) in [4.78, 5) is 11.4. The molecule has 0 aliphatic heterocycles. The fourth-order valence-electron chi connectivity index (χ4n) is 1.90. The van der Waals surface area contributed by atoms with Crippen LogP contribution in [0.5, 0.6) is 0 Å². The molecule has 0 fully saturated rings. The number of carbonyl (C=O) groups is 1. The Morgan fingerprint density at radius 2 is 1.96 bits per heavy atom. The lowest BCUT2D eigenvalue weighted by Crippen LogP contribution is -2.16. The first kappa shape index (κ1) is 17.2. The number of anilines is 1. The highest BCUT2D eigenvalue weighted by Gasteiger charge is 2.18. The minimum absolute atomic E-state index is 0.0266. The number of esters is 1. The molecule has 0 atom stereocenters. The fraction of sp³-hybridized carbons (Fsp3) is 0.133. The predicted molar refractivity (Wildman–Crippen MR) is 85.4 cm³/mol. The summed E-state index contributed by atoms with van der Waals surface area (Å²) in [5.41, 5.74) is 0.239. The molecule has 0 saturated heterocycles. The maximum atomic E-state index is 13.7. The van der Waals surface area contributed by atoms with Crippen LogP contribution in [0.2, 0.25) is 5.02 Å². The van der Waals surface area contributed by atoms with Crippen LogP contribution in [0.3, 0.4) is 0 Å². The van der Waals surface area contributed by atoms with Crippen molar-refractivity contribution < 1.29 is 22.3 Å². The Kier molecular flexibility index (Phi) is 5.23. The summed E-state index contributed by atoms with van der Waals surface area (Å²) in [6, 6.07) is 9.71. The van der Waals surface area contributed by atoms with Crippen LogP contribution in [0, 0.1) is 5.82 Å². The van der Waals surface area contributed by atoms with Crippen molar-refractivity contribution >= 4 is 33.3 Å². The third-order valence-electron chi connectivity index (χ3n) is 2.95. The topological polar surface area (TPSA) is 72.5 Å². The van der Waals surface area contributed by atoms with Gasteiger partial charge in [-0.15, -0.1) is 0 Å². The smallest absolute Gasteiger partial charge is 0.337 e. The Balaban J connectivity index is 2.24. The molecule has 8 heteroatoms. The monoisotopic (exact) mass is 357 g/mol. The lowest BCUT2D eigenvalue weighted by Gasteiger charge is -2.10. The average Bonchev–Trinajstić information content (AvgIpc) is 2.50. The zero-order chi connectivity index (χ0) is 17.0. The van der Waals surface area contributed by atoms with Gasteiger partial charge in [0.2, 0.25) is 10.0 Å². The highest BCUT2D eigenvalue weighted by atomic mass is 35.5. The van der Waals surface area contributed by atoms with Crippen molar-refractivity contribution in [2.45, 2.75) is 5.75 Å². The third kappa shape index (κ3) is 4.43. The molecule has 0 amide bonds. The Hall–Kier alpha value is -2.12. The molecule has 122 valence electrons. The molecule has 2 aromatic rings. The Labute approximate surface area is 138 Å². The molecule has 5 nitrogen and oxygen atoms in total. The van der Waals surface area contributed by atoms with Crippen LogP contribution in [0.25, 0.3) is 0 Å². The number of halogens is 2. The first-order valence-electron chi connectivity index (χ1n) is 6.44. The standard InChI is InChI=1S/C15H13ClFNO4S/c1-22-15(19)10-4-2-5-11(8-10)18-23(20,21)9-12-13(16)6-3-7-14(12)17/h2-8,18H,9H2,1H3. The van der Waals surface area contributed by atoms with Gasteiger partial charge in [-0.2, -0.15) is 0 Å². The summed E-state index contributed by atoms with van der Waals surface area (Å²) in [5.74, 6) is -1.92. The van der Waals surface area contributed by atoms with Crippen molar-refractivity contribution in [3.05, 3.63) is 64.4 Å². The van der Waals surface area contributed by atoms with E-state index in [-0.39, 0.29) is 21.8 Å². The molecule has 0 unspecified atom stereocenters. The Morgan fingerprint density at radius 3 is 2.61 bits per heavy atom. The van der Waals surface area contributed by atoms with Crippen molar-refractivity contribution in [1.82, 2.24) is 0 Å². The summed E-state index contributed by atoms with van der Waals surface area (Å²) in [6.07, 6.45) is 0. The van der Waals surface area contributed by atoms with Crippen molar-refractivity contribution in [2.75, 3.05) is 11.8 Å². The van der Waals surface area contributed by atoms with Crippen LogP contribution in [0.1, 0.15) is 15.9 Å². The highest BCUT2D eigenvalue weighted by Crippen LogP contribution is 2.22. The molecule has 0 radical (unpaired) electrons. The van der Waals surface area contributed by atoms with E-state index < -0.39 is 27.6 Å². The van der Waals surface area contributed by atoms with Gasteiger partial charge >= 0.3 is 5.97 Å². The SMILES string of the molecule is COC(=O)c1cccc(NS(=O)(=O)Cc2c(F)cccc2Cl)c1. The first-order chi connectivity index (χ1) is 10.8. The third-order valence-corrected chi connectivity index (χ3v) is 4.52. The number of methoxy groups -OCH3 is 1. The van der Waals surface area contributed by atoms with Gasteiger partial charge in [0, 0.05) is 16.3 Å². The highest BCUT2D eigenvalue weighted by molar-refractivity contribution is 7.91. The largest absolute Gasteiger partial charge is 0.465 e. The van der Waals surface area contributed by atoms with Gasteiger partial charge in [-0.05, 0) is 30.3 Å². The molecule has 0 spiro atoms. The van der Waals surface area contributed by atoms with Crippen LogP contribution in [0.15, 0.2) is 42.5 Å². The van der Waals surface area contributed by atoms with E-state index in [0.29, 0.717) is 0 Å². The zero-order valence-corrected chi connectivity index (χ0v) is 13.6. The van der Waals surface area contributed by atoms with Gasteiger partial charge in [-0.1, -0.05) is 23.7 Å². The summed E-state index contributed by atoms with van der Waals surface area (Å²) in [6.45, 7) is 0. The van der Waals surface area contributed by atoms with Crippen molar-refractivity contribution in [3.8, 4) is 0 Å². The minimum atomic E-state index is -3.91. The molecule has 0 aliphatic rings. The number of carbonyl (C=O) groups excluding carboxylic acids is 1. The first-order valence-corrected chi connectivity index (χ1v) is 8.47. The normalized spacial score (nSPS) is 11.1. The zero-order valence-electron chi connectivity index (χ0n) is 12.0. The molecule has 0 saturated carbocycles. The summed E-state index contributed by atoms with van der Waals surface area (Å²) in [7, 11) is -2.69. The number of hydrogen-bond acceptors (Lipinski definition) is 4. The number of rotatable bonds is 5. The van der Waals surface area contributed by atoms with E-state index in [1.165, 1.54) is 43.5 Å². The fourth-order valence-corrected chi connectivity index (χ4v) is 3.44. The Morgan fingerprint density at radius 1 is 1.26 bits per heavy atom. The second-order valence-corrected chi connectivity index (χ2v) is 6.76. The summed E-state index contributed by atoms with van der Waals surface area (Å²) < 4.78 is 44.9. The van der Waals surface area contributed by atoms with E-state index in [1.807, 2.05) is 0 Å². The van der Waals surface area contributed by atoms with E-state index in [1.54, 1.807) is 0 Å². The molecule has 2 aromatic carbocycles. The van der Waals surface area contributed by atoms with Gasteiger partial charge in [0.25, 0.3) is 0 Å². The van der Waals surface area contributed by atoms with Crippen molar-refractivity contribution in [3.63, 3.8) is 0 Å². The molecule has 0 bridgehead atoms. The van der Waals surface area contributed by atoms with Crippen LogP contribution in [-0.4, -0.2) is 21.5 Å². The molecular formula is C15H13ClFNO4S. The number of ether oxygens (including phenoxy) is 1. The molecule has 0 aliphatic carbocycles. The maximum Gasteiger partial charge on any atom is 0.337 e. The lowest BCUT2D eigenvalue weighted by molar-refractivity contribution is 0.0601. The van der Waals surface area contributed by atoms with Crippen LogP contribution in [0.4, 0.5) is 10.1 Å². The maximum absolute atomic E-state index is 13.7. The molecular weight excluding hydrogens is 345 g/mol. The van der Waals surface area contributed by atoms with Gasteiger partial charge in [0.05, 0.1) is 18.4 Å². The van der Waals surface area contributed by atoms with E-state index in [9.17, 15) is 17.6 Å².